The highest BCUT2D eigenvalue weighted by molar-refractivity contribution is 5.92. The van der Waals surface area contributed by atoms with Crippen molar-refractivity contribution in [3.05, 3.63) is 88.9 Å². The minimum atomic E-state index is -0.287. The monoisotopic (exact) mass is 448 g/mol. The molecule has 172 valence electrons. The first-order chi connectivity index (χ1) is 16.1. The Hall–Kier alpha value is -3.58. The fourth-order valence-electron chi connectivity index (χ4n) is 4.14. The minimum Gasteiger partial charge on any atom is -0.484 e. The average Bonchev–Trinajstić information content (AvgIpc) is 3.36. The van der Waals surface area contributed by atoms with E-state index in [0.717, 1.165) is 28.7 Å². The number of benzene rings is 2. The predicted molar refractivity (Wildman–Crippen MR) is 123 cm³/mol. The van der Waals surface area contributed by atoms with E-state index < -0.39 is 0 Å². The van der Waals surface area contributed by atoms with Gasteiger partial charge in [0.2, 0.25) is 0 Å². The highest BCUT2D eigenvalue weighted by Crippen LogP contribution is 2.38. The largest absolute Gasteiger partial charge is 0.484 e. The van der Waals surface area contributed by atoms with Crippen LogP contribution in [0, 0.1) is 6.92 Å². The van der Waals surface area contributed by atoms with Crippen LogP contribution in [-0.4, -0.2) is 50.1 Å². The lowest BCUT2D eigenvalue weighted by Crippen LogP contribution is -2.40. The molecule has 0 bridgehead atoms. The number of ether oxygens (including phenoxy) is 2. The van der Waals surface area contributed by atoms with Gasteiger partial charge in [0, 0.05) is 20.2 Å². The molecule has 1 aliphatic rings. The number of nitrogens with zero attached hydrogens (tertiary/aromatic N) is 1. The Balaban J connectivity index is 1.63. The Kier molecular flexibility index (Phi) is 7.10. The zero-order chi connectivity index (χ0) is 23.2. The molecule has 1 atom stereocenters. The Morgan fingerprint density at radius 1 is 1.15 bits per heavy atom. The second-order valence-electron chi connectivity index (χ2n) is 8.03. The van der Waals surface area contributed by atoms with Crippen LogP contribution in [0.5, 0.6) is 5.75 Å². The molecule has 33 heavy (non-hydrogen) atoms. The molecule has 3 aromatic rings. The topological polar surface area (TPSA) is 81.0 Å². The summed E-state index contributed by atoms with van der Waals surface area (Å²) < 4.78 is 16.1. The Morgan fingerprint density at radius 2 is 2.03 bits per heavy atom. The molecule has 0 saturated carbocycles. The minimum absolute atomic E-state index is 0.0906. The number of rotatable bonds is 8. The van der Waals surface area contributed by atoms with E-state index in [1.54, 1.807) is 19.2 Å². The number of furan rings is 1. The van der Waals surface area contributed by atoms with Gasteiger partial charge in [-0.2, -0.15) is 0 Å². The van der Waals surface area contributed by atoms with E-state index in [1.165, 1.54) is 6.26 Å². The van der Waals surface area contributed by atoms with Crippen LogP contribution in [0.3, 0.4) is 0 Å². The standard InChI is InChI=1S/C26H28N2O5/c1-18-5-3-6-20(15-18)25-22-16-21(33-17-24(29)27-11-14-31-2)9-8-19(22)10-12-28(25)26(30)23-7-4-13-32-23/h3-9,13,15-16,25H,10-12,14,17H2,1-2H3,(H,27,29). The smallest absolute Gasteiger partial charge is 0.290 e. The van der Waals surface area contributed by atoms with Gasteiger partial charge in [0.1, 0.15) is 5.75 Å². The molecule has 2 heterocycles. The molecular weight excluding hydrogens is 420 g/mol. The van der Waals surface area contributed by atoms with Crippen LogP contribution < -0.4 is 10.1 Å². The summed E-state index contributed by atoms with van der Waals surface area (Å²) in [5.74, 6) is 0.535. The number of aryl methyl sites for hydroxylation is 1. The molecule has 1 aliphatic heterocycles. The van der Waals surface area contributed by atoms with E-state index in [1.807, 2.05) is 48.2 Å². The van der Waals surface area contributed by atoms with Crippen LogP contribution in [0.15, 0.2) is 65.3 Å². The van der Waals surface area contributed by atoms with Crippen molar-refractivity contribution in [2.24, 2.45) is 0 Å². The third-order valence-electron chi connectivity index (χ3n) is 5.69. The van der Waals surface area contributed by atoms with Gasteiger partial charge in [0.25, 0.3) is 11.8 Å². The van der Waals surface area contributed by atoms with Crippen molar-refractivity contribution in [2.45, 2.75) is 19.4 Å². The maximum atomic E-state index is 13.3. The maximum Gasteiger partial charge on any atom is 0.290 e. The first kappa shape index (κ1) is 22.6. The predicted octanol–water partition coefficient (Wildman–Crippen LogP) is 3.52. The summed E-state index contributed by atoms with van der Waals surface area (Å²) in [5, 5.41) is 2.74. The van der Waals surface area contributed by atoms with Gasteiger partial charge in [-0.05, 0) is 54.3 Å². The Morgan fingerprint density at radius 3 is 2.79 bits per heavy atom. The Bertz CT molecular complexity index is 1110. The van der Waals surface area contributed by atoms with Crippen molar-refractivity contribution < 1.29 is 23.5 Å². The summed E-state index contributed by atoms with van der Waals surface area (Å²) in [6.45, 7) is 3.40. The lowest BCUT2D eigenvalue weighted by atomic mass is 9.87. The third kappa shape index (κ3) is 5.26. The van der Waals surface area contributed by atoms with Crippen molar-refractivity contribution >= 4 is 11.8 Å². The van der Waals surface area contributed by atoms with Crippen molar-refractivity contribution in [1.29, 1.82) is 0 Å². The van der Waals surface area contributed by atoms with Gasteiger partial charge >= 0.3 is 0 Å². The number of amides is 2. The van der Waals surface area contributed by atoms with Gasteiger partial charge in [0.15, 0.2) is 12.4 Å². The SMILES string of the molecule is COCCNC(=O)COc1ccc2c(c1)C(c1cccc(C)c1)N(C(=O)c1ccco1)CC2. The number of nitrogens with one attached hydrogen (secondary N) is 1. The van der Waals surface area contributed by atoms with Gasteiger partial charge in [-0.25, -0.2) is 0 Å². The zero-order valence-electron chi connectivity index (χ0n) is 18.9. The molecule has 0 aliphatic carbocycles. The fraction of sp³-hybridized carbons (Fsp3) is 0.308. The number of carbonyl (C=O) groups excluding carboxylic acids is 2. The van der Waals surface area contributed by atoms with E-state index in [2.05, 4.69) is 11.4 Å². The van der Waals surface area contributed by atoms with Crippen molar-refractivity contribution in [3.63, 3.8) is 0 Å². The van der Waals surface area contributed by atoms with E-state index in [0.29, 0.717) is 31.2 Å². The van der Waals surface area contributed by atoms with Crippen LogP contribution >= 0.6 is 0 Å². The first-order valence-corrected chi connectivity index (χ1v) is 11.0. The van der Waals surface area contributed by atoms with Crippen LogP contribution in [0.1, 0.15) is 38.9 Å². The molecule has 7 nitrogen and oxygen atoms in total. The number of hydrogen-bond acceptors (Lipinski definition) is 5. The van der Waals surface area contributed by atoms with Gasteiger partial charge in [-0.15, -0.1) is 0 Å². The van der Waals surface area contributed by atoms with E-state index >= 15 is 0 Å². The molecule has 0 fully saturated rings. The van der Waals surface area contributed by atoms with Gasteiger partial charge in [-0.3, -0.25) is 9.59 Å². The number of methoxy groups -OCH3 is 1. The molecule has 0 radical (unpaired) electrons. The lowest BCUT2D eigenvalue weighted by molar-refractivity contribution is -0.123. The maximum absolute atomic E-state index is 13.3. The normalized spacial score (nSPS) is 15.1. The summed E-state index contributed by atoms with van der Waals surface area (Å²) in [6.07, 6.45) is 2.23. The van der Waals surface area contributed by atoms with Crippen molar-refractivity contribution in [2.75, 3.05) is 33.4 Å². The summed E-state index contributed by atoms with van der Waals surface area (Å²) in [4.78, 5) is 27.2. The number of carbonyl (C=O) groups is 2. The van der Waals surface area contributed by atoms with Crippen molar-refractivity contribution in [3.8, 4) is 5.75 Å². The van der Waals surface area contributed by atoms with Crippen LogP contribution in [0.4, 0.5) is 0 Å². The number of fused-ring (bicyclic) bond motifs is 1. The molecule has 1 unspecified atom stereocenters. The van der Waals surface area contributed by atoms with Crippen molar-refractivity contribution in [1.82, 2.24) is 10.2 Å². The molecule has 1 N–H and O–H groups in total. The summed E-state index contributed by atoms with van der Waals surface area (Å²) in [7, 11) is 1.58. The molecule has 7 heteroatoms. The molecule has 4 rings (SSSR count). The molecule has 2 aromatic carbocycles. The zero-order valence-corrected chi connectivity index (χ0v) is 18.9. The van der Waals surface area contributed by atoms with Crippen LogP contribution in [-0.2, 0) is 16.0 Å². The lowest BCUT2D eigenvalue weighted by Gasteiger charge is -2.37. The molecule has 2 amide bonds. The molecule has 0 saturated heterocycles. The average molecular weight is 449 g/mol. The highest BCUT2D eigenvalue weighted by atomic mass is 16.5. The third-order valence-corrected chi connectivity index (χ3v) is 5.69. The number of hydrogen-bond donors (Lipinski definition) is 1. The molecule has 1 aromatic heterocycles. The quantitative estimate of drug-likeness (QED) is 0.534. The summed E-state index contributed by atoms with van der Waals surface area (Å²) in [6, 6.07) is 17.1. The van der Waals surface area contributed by atoms with Crippen LogP contribution in [0.2, 0.25) is 0 Å². The van der Waals surface area contributed by atoms with Gasteiger partial charge in [0.05, 0.1) is 18.9 Å². The molecular formula is C26H28N2O5. The summed E-state index contributed by atoms with van der Waals surface area (Å²) in [5.41, 5.74) is 4.28. The highest BCUT2D eigenvalue weighted by Gasteiger charge is 2.34. The molecule has 0 spiro atoms. The second-order valence-corrected chi connectivity index (χ2v) is 8.03. The fourth-order valence-corrected chi connectivity index (χ4v) is 4.14. The van der Waals surface area contributed by atoms with E-state index in [9.17, 15) is 9.59 Å². The summed E-state index contributed by atoms with van der Waals surface area (Å²) >= 11 is 0. The van der Waals surface area contributed by atoms with Gasteiger partial charge in [-0.1, -0.05) is 35.9 Å². The van der Waals surface area contributed by atoms with E-state index in [-0.39, 0.29) is 24.5 Å². The van der Waals surface area contributed by atoms with Gasteiger partial charge < -0.3 is 24.1 Å². The van der Waals surface area contributed by atoms with Crippen LogP contribution in [0.25, 0.3) is 0 Å². The first-order valence-electron chi connectivity index (χ1n) is 11.0. The second kappa shape index (κ2) is 10.4. The van der Waals surface area contributed by atoms with E-state index in [4.69, 9.17) is 13.9 Å². The Labute approximate surface area is 193 Å².